The normalized spacial score (nSPS) is 15.2. The van der Waals surface area contributed by atoms with Gasteiger partial charge in [-0.15, -0.1) is 0 Å². The summed E-state index contributed by atoms with van der Waals surface area (Å²) in [6.45, 7) is 0. The number of ether oxygens (including phenoxy) is 1. The van der Waals surface area contributed by atoms with Crippen molar-refractivity contribution in [2.24, 2.45) is 0 Å². The second kappa shape index (κ2) is 3.25. The monoisotopic (exact) mass is 194 g/mol. The van der Waals surface area contributed by atoms with Crippen molar-refractivity contribution in [1.29, 1.82) is 0 Å². The van der Waals surface area contributed by atoms with Crippen LogP contribution in [0.5, 0.6) is 0 Å². The highest BCUT2D eigenvalue weighted by atomic mass is 16.5. The quantitative estimate of drug-likeness (QED) is 0.693. The van der Waals surface area contributed by atoms with E-state index in [0.29, 0.717) is 11.6 Å². The number of aromatic amines is 1. The number of rotatable bonds is 2. The number of hydrogen-bond donors (Lipinski definition) is 1. The molecule has 1 fully saturated rings. The number of carbonyl (C=O) groups is 1. The first-order valence-electron chi connectivity index (χ1n) is 4.40. The van der Waals surface area contributed by atoms with Crippen molar-refractivity contribution in [2.75, 3.05) is 7.11 Å². The lowest BCUT2D eigenvalue weighted by Crippen LogP contribution is -2.17. The summed E-state index contributed by atoms with van der Waals surface area (Å²) in [5, 5.41) is 0. The van der Waals surface area contributed by atoms with E-state index in [1.807, 2.05) is 0 Å². The van der Waals surface area contributed by atoms with E-state index in [2.05, 4.69) is 14.7 Å². The molecule has 0 atom stereocenters. The number of H-pyrrole nitrogens is 1. The van der Waals surface area contributed by atoms with Crippen molar-refractivity contribution >= 4 is 5.97 Å². The SMILES string of the molecule is COC(=O)c1nc(C2CC2)cc(=O)[nH]1. The first-order chi connectivity index (χ1) is 6.70. The number of esters is 1. The minimum atomic E-state index is -0.607. The predicted octanol–water partition coefficient (Wildman–Crippen LogP) is 0.434. The molecule has 0 spiro atoms. The molecule has 5 nitrogen and oxygen atoms in total. The molecule has 0 saturated heterocycles. The number of carbonyl (C=O) groups excluding carboxylic acids is 1. The summed E-state index contributed by atoms with van der Waals surface area (Å²) in [6, 6.07) is 1.43. The smallest absolute Gasteiger partial charge is 0.374 e. The summed E-state index contributed by atoms with van der Waals surface area (Å²) in [7, 11) is 1.26. The molecule has 1 aliphatic rings. The molecular weight excluding hydrogens is 184 g/mol. The first-order valence-corrected chi connectivity index (χ1v) is 4.40. The Balaban J connectivity index is 2.40. The van der Waals surface area contributed by atoms with Crippen molar-refractivity contribution in [1.82, 2.24) is 9.97 Å². The Labute approximate surface area is 80.1 Å². The molecule has 0 unspecified atom stereocenters. The Morgan fingerprint density at radius 1 is 1.64 bits per heavy atom. The maximum absolute atomic E-state index is 11.2. The molecule has 0 radical (unpaired) electrons. The summed E-state index contributed by atoms with van der Waals surface area (Å²) >= 11 is 0. The van der Waals surface area contributed by atoms with E-state index in [4.69, 9.17) is 0 Å². The van der Waals surface area contributed by atoms with Crippen LogP contribution in [0.3, 0.4) is 0 Å². The van der Waals surface area contributed by atoms with E-state index < -0.39 is 5.97 Å². The molecule has 14 heavy (non-hydrogen) atoms. The summed E-state index contributed by atoms with van der Waals surface area (Å²) < 4.78 is 4.47. The molecule has 1 aromatic rings. The van der Waals surface area contributed by atoms with Crippen LogP contribution >= 0.6 is 0 Å². The van der Waals surface area contributed by atoms with Crippen molar-refractivity contribution in [3.05, 3.63) is 27.9 Å². The number of nitrogens with zero attached hydrogens (tertiary/aromatic N) is 1. The predicted molar refractivity (Wildman–Crippen MR) is 48.2 cm³/mol. The average molecular weight is 194 g/mol. The van der Waals surface area contributed by atoms with E-state index in [1.165, 1.54) is 13.2 Å². The summed E-state index contributed by atoms with van der Waals surface area (Å²) in [5.74, 6) is -0.271. The van der Waals surface area contributed by atoms with Gasteiger partial charge in [0.25, 0.3) is 5.56 Å². The van der Waals surface area contributed by atoms with Crippen LogP contribution in [0.25, 0.3) is 0 Å². The van der Waals surface area contributed by atoms with Gasteiger partial charge in [-0.1, -0.05) is 0 Å². The van der Waals surface area contributed by atoms with Crippen LogP contribution < -0.4 is 5.56 Å². The van der Waals surface area contributed by atoms with Crippen molar-refractivity contribution in [2.45, 2.75) is 18.8 Å². The molecule has 0 aromatic carbocycles. The molecular formula is C9H10N2O3. The topological polar surface area (TPSA) is 72.0 Å². The number of nitrogens with one attached hydrogen (secondary N) is 1. The van der Waals surface area contributed by atoms with Crippen molar-refractivity contribution < 1.29 is 9.53 Å². The van der Waals surface area contributed by atoms with E-state index in [-0.39, 0.29) is 11.4 Å². The van der Waals surface area contributed by atoms with Gasteiger partial charge in [-0.05, 0) is 12.8 Å². The Kier molecular flexibility index (Phi) is 2.07. The van der Waals surface area contributed by atoms with Crippen LogP contribution in [0.4, 0.5) is 0 Å². The van der Waals surface area contributed by atoms with E-state index in [9.17, 15) is 9.59 Å². The third kappa shape index (κ3) is 1.66. The first kappa shape index (κ1) is 8.93. The fourth-order valence-corrected chi connectivity index (χ4v) is 1.26. The third-order valence-corrected chi connectivity index (χ3v) is 2.14. The largest absolute Gasteiger partial charge is 0.463 e. The van der Waals surface area contributed by atoms with Gasteiger partial charge in [0.1, 0.15) is 0 Å². The molecule has 74 valence electrons. The lowest BCUT2D eigenvalue weighted by atomic mass is 10.3. The highest BCUT2D eigenvalue weighted by Crippen LogP contribution is 2.38. The van der Waals surface area contributed by atoms with Crippen molar-refractivity contribution in [3.8, 4) is 0 Å². The summed E-state index contributed by atoms with van der Waals surface area (Å²) in [4.78, 5) is 28.6. The number of hydrogen-bond acceptors (Lipinski definition) is 4. The zero-order valence-electron chi connectivity index (χ0n) is 7.74. The molecule has 1 N–H and O–H groups in total. The van der Waals surface area contributed by atoms with Gasteiger partial charge in [0.15, 0.2) is 0 Å². The zero-order valence-corrected chi connectivity index (χ0v) is 7.74. The molecule has 1 aromatic heterocycles. The van der Waals surface area contributed by atoms with Crippen LogP contribution in [0.2, 0.25) is 0 Å². The Morgan fingerprint density at radius 2 is 2.36 bits per heavy atom. The fourth-order valence-electron chi connectivity index (χ4n) is 1.26. The second-order valence-electron chi connectivity index (χ2n) is 3.28. The van der Waals surface area contributed by atoms with Gasteiger partial charge in [0, 0.05) is 12.0 Å². The lowest BCUT2D eigenvalue weighted by molar-refractivity contribution is 0.0586. The van der Waals surface area contributed by atoms with E-state index >= 15 is 0 Å². The molecule has 1 heterocycles. The minimum Gasteiger partial charge on any atom is -0.463 e. The Bertz CT molecular complexity index is 420. The van der Waals surface area contributed by atoms with E-state index in [0.717, 1.165) is 12.8 Å². The standard InChI is InChI=1S/C9H10N2O3/c1-14-9(13)8-10-6(5-2-3-5)4-7(12)11-8/h4-5H,2-3H2,1H3,(H,10,11,12). The molecule has 1 saturated carbocycles. The van der Waals surface area contributed by atoms with E-state index in [1.54, 1.807) is 0 Å². The van der Waals surface area contributed by atoms with Crippen molar-refractivity contribution in [3.63, 3.8) is 0 Å². The number of methoxy groups -OCH3 is 1. The molecule has 0 amide bonds. The van der Waals surface area contributed by atoms with Gasteiger partial charge in [0.05, 0.1) is 12.8 Å². The second-order valence-corrected chi connectivity index (χ2v) is 3.28. The molecule has 1 aliphatic carbocycles. The van der Waals surface area contributed by atoms with Crippen LogP contribution in [-0.2, 0) is 4.74 Å². The van der Waals surface area contributed by atoms with Gasteiger partial charge in [0.2, 0.25) is 5.82 Å². The Morgan fingerprint density at radius 3 is 2.93 bits per heavy atom. The number of aromatic nitrogens is 2. The van der Waals surface area contributed by atoms with Gasteiger partial charge < -0.3 is 9.72 Å². The van der Waals surface area contributed by atoms with Gasteiger partial charge in [-0.2, -0.15) is 0 Å². The third-order valence-electron chi connectivity index (χ3n) is 2.14. The van der Waals surface area contributed by atoms with Gasteiger partial charge in [-0.3, -0.25) is 4.79 Å². The fraction of sp³-hybridized carbons (Fsp3) is 0.444. The molecule has 2 rings (SSSR count). The van der Waals surface area contributed by atoms with Crippen LogP contribution in [0.15, 0.2) is 10.9 Å². The van der Waals surface area contributed by atoms with Crippen LogP contribution in [0.1, 0.15) is 35.1 Å². The molecule has 0 aliphatic heterocycles. The highest BCUT2D eigenvalue weighted by molar-refractivity contribution is 5.84. The van der Waals surface area contributed by atoms with Crippen LogP contribution in [0, 0.1) is 0 Å². The van der Waals surface area contributed by atoms with Crippen LogP contribution in [-0.4, -0.2) is 23.0 Å². The maximum Gasteiger partial charge on any atom is 0.374 e. The minimum absolute atomic E-state index is 0.0121. The van der Waals surface area contributed by atoms with Gasteiger partial charge >= 0.3 is 5.97 Å². The molecule has 0 bridgehead atoms. The zero-order chi connectivity index (χ0) is 10.1. The average Bonchev–Trinajstić information content (AvgIpc) is 2.98. The Hall–Kier alpha value is -1.65. The maximum atomic E-state index is 11.2. The highest BCUT2D eigenvalue weighted by Gasteiger charge is 2.26. The molecule has 5 heteroatoms. The summed E-state index contributed by atoms with van der Waals surface area (Å²) in [5.41, 5.74) is 0.386. The van der Waals surface area contributed by atoms with Gasteiger partial charge in [-0.25, -0.2) is 9.78 Å². The summed E-state index contributed by atoms with van der Waals surface area (Å²) in [6.07, 6.45) is 2.08. The lowest BCUT2D eigenvalue weighted by Gasteiger charge is -2.00.